The molecular formula is C21H19BrCl2O2. The van der Waals surface area contributed by atoms with Crippen LogP contribution >= 0.6 is 39.1 Å². The second-order valence-corrected chi connectivity index (χ2v) is 8.92. The Kier molecular flexibility index (Phi) is 5.81. The number of rotatable bonds is 5. The lowest BCUT2D eigenvalue weighted by Gasteiger charge is -2.10. The van der Waals surface area contributed by atoms with Gasteiger partial charge in [0.15, 0.2) is 0 Å². The first-order valence-corrected chi connectivity index (χ1v) is 9.89. The largest absolute Gasteiger partial charge is 0.461 e. The Balaban J connectivity index is 1.70. The van der Waals surface area contributed by atoms with Crippen molar-refractivity contribution in [1.82, 2.24) is 0 Å². The summed E-state index contributed by atoms with van der Waals surface area (Å²) in [7, 11) is 0. The highest BCUT2D eigenvalue weighted by Crippen LogP contribution is 2.60. The fraction of sp³-hybridized carbons (Fsp3) is 0.286. The van der Waals surface area contributed by atoms with E-state index in [1.165, 1.54) is 0 Å². The molecule has 0 spiro atoms. The zero-order valence-corrected chi connectivity index (χ0v) is 17.6. The van der Waals surface area contributed by atoms with E-state index in [1.54, 1.807) is 6.08 Å². The molecule has 0 aromatic heterocycles. The maximum absolute atomic E-state index is 12.5. The average Bonchev–Trinajstić information content (AvgIpc) is 3.14. The van der Waals surface area contributed by atoms with Crippen LogP contribution in [0.4, 0.5) is 0 Å². The van der Waals surface area contributed by atoms with Crippen molar-refractivity contribution in [2.45, 2.75) is 20.5 Å². The molecule has 0 radical (unpaired) electrons. The number of halogens is 3. The van der Waals surface area contributed by atoms with E-state index >= 15 is 0 Å². The van der Waals surface area contributed by atoms with Crippen molar-refractivity contribution in [3.8, 4) is 11.1 Å². The summed E-state index contributed by atoms with van der Waals surface area (Å²) in [5.41, 5.74) is 2.95. The molecule has 0 aliphatic heterocycles. The molecule has 0 amide bonds. The molecule has 3 rings (SSSR count). The van der Waals surface area contributed by atoms with Gasteiger partial charge >= 0.3 is 5.97 Å². The number of ether oxygens (including phenoxy) is 1. The third kappa shape index (κ3) is 4.16. The van der Waals surface area contributed by atoms with Crippen LogP contribution < -0.4 is 0 Å². The van der Waals surface area contributed by atoms with E-state index in [9.17, 15) is 4.79 Å². The van der Waals surface area contributed by atoms with Crippen molar-refractivity contribution in [3.63, 3.8) is 0 Å². The Morgan fingerprint density at radius 2 is 1.85 bits per heavy atom. The number of carbonyl (C=O) groups excluding carboxylic acids is 1. The Bertz CT molecular complexity index is 842. The summed E-state index contributed by atoms with van der Waals surface area (Å²) in [6.45, 7) is 4.25. The number of hydrogen-bond acceptors (Lipinski definition) is 2. The number of carbonyl (C=O) groups is 1. The monoisotopic (exact) mass is 452 g/mol. The first-order valence-electron chi connectivity index (χ1n) is 8.34. The molecular weight excluding hydrogens is 435 g/mol. The summed E-state index contributed by atoms with van der Waals surface area (Å²) in [4.78, 5) is 12.5. The van der Waals surface area contributed by atoms with Gasteiger partial charge in [-0.25, -0.2) is 0 Å². The van der Waals surface area contributed by atoms with Crippen molar-refractivity contribution in [3.05, 3.63) is 69.1 Å². The molecule has 26 heavy (non-hydrogen) atoms. The van der Waals surface area contributed by atoms with Gasteiger partial charge in [-0.05, 0) is 40.7 Å². The van der Waals surface area contributed by atoms with E-state index in [1.807, 2.05) is 50.2 Å². The minimum absolute atomic E-state index is 0.0130. The van der Waals surface area contributed by atoms with Crippen LogP contribution in [0.3, 0.4) is 0 Å². The molecule has 0 bridgehead atoms. The topological polar surface area (TPSA) is 26.3 Å². The summed E-state index contributed by atoms with van der Waals surface area (Å²) >= 11 is 15.0. The van der Waals surface area contributed by atoms with Crippen molar-refractivity contribution in [1.29, 1.82) is 0 Å². The zero-order chi connectivity index (χ0) is 18.9. The van der Waals surface area contributed by atoms with E-state index < -0.39 is 0 Å². The van der Waals surface area contributed by atoms with E-state index in [-0.39, 0.29) is 34.3 Å². The second kappa shape index (κ2) is 7.75. The Morgan fingerprint density at radius 1 is 1.15 bits per heavy atom. The van der Waals surface area contributed by atoms with E-state index in [4.69, 9.17) is 27.9 Å². The van der Waals surface area contributed by atoms with Crippen molar-refractivity contribution >= 4 is 45.1 Å². The maximum Gasteiger partial charge on any atom is 0.310 e. The summed E-state index contributed by atoms with van der Waals surface area (Å²) in [5, 5.41) is 0. The van der Waals surface area contributed by atoms with E-state index in [2.05, 4.69) is 28.1 Å². The molecule has 136 valence electrons. The van der Waals surface area contributed by atoms with Crippen molar-refractivity contribution in [2.75, 3.05) is 0 Å². The summed E-state index contributed by atoms with van der Waals surface area (Å²) < 4.78 is 6.70. The molecule has 0 N–H and O–H groups in total. The molecule has 1 saturated carbocycles. The molecule has 5 heteroatoms. The second-order valence-electron chi connectivity index (χ2n) is 7.06. The quantitative estimate of drug-likeness (QED) is 0.468. The van der Waals surface area contributed by atoms with Crippen molar-refractivity contribution in [2.24, 2.45) is 17.3 Å². The Hall–Kier alpha value is -1.29. The third-order valence-corrected chi connectivity index (χ3v) is 6.02. The minimum Gasteiger partial charge on any atom is -0.461 e. The van der Waals surface area contributed by atoms with Gasteiger partial charge in [-0.3, -0.25) is 4.79 Å². The van der Waals surface area contributed by atoms with Gasteiger partial charge < -0.3 is 4.74 Å². The van der Waals surface area contributed by atoms with Gasteiger partial charge in [-0.15, -0.1) is 0 Å². The Labute approximate surface area is 172 Å². The minimum atomic E-state index is -0.220. The molecule has 0 unspecified atom stereocenters. The van der Waals surface area contributed by atoms with Gasteiger partial charge in [-0.1, -0.05) is 89.4 Å². The van der Waals surface area contributed by atoms with Crippen LogP contribution in [-0.2, 0) is 16.1 Å². The average molecular weight is 454 g/mol. The highest BCUT2D eigenvalue weighted by atomic mass is 79.9. The van der Waals surface area contributed by atoms with Crippen LogP contribution in [0.15, 0.2) is 63.6 Å². The van der Waals surface area contributed by atoms with Gasteiger partial charge in [0.1, 0.15) is 11.1 Å². The van der Waals surface area contributed by atoms with Crippen molar-refractivity contribution < 1.29 is 9.53 Å². The van der Waals surface area contributed by atoms with Gasteiger partial charge in [0.25, 0.3) is 0 Å². The highest BCUT2D eigenvalue weighted by Gasteiger charge is 2.61. The summed E-state index contributed by atoms with van der Waals surface area (Å²) in [5.74, 6) is -0.423. The molecule has 2 aromatic carbocycles. The van der Waals surface area contributed by atoms with Gasteiger partial charge in [-0.2, -0.15) is 0 Å². The number of allylic oxidation sites excluding steroid dienone is 1. The molecule has 2 atom stereocenters. The van der Waals surface area contributed by atoms with Crippen LogP contribution in [0, 0.1) is 17.3 Å². The lowest BCUT2D eigenvalue weighted by Crippen LogP contribution is -2.11. The Morgan fingerprint density at radius 3 is 2.50 bits per heavy atom. The molecule has 0 heterocycles. The number of esters is 1. The molecule has 0 saturated heterocycles. The number of hydrogen-bond donors (Lipinski definition) is 0. The van der Waals surface area contributed by atoms with Gasteiger partial charge in [0, 0.05) is 10.0 Å². The van der Waals surface area contributed by atoms with Crippen LogP contribution in [-0.4, -0.2) is 5.97 Å². The predicted molar refractivity (Wildman–Crippen MR) is 110 cm³/mol. The molecule has 2 nitrogen and oxygen atoms in total. The molecule has 1 aliphatic rings. The van der Waals surface area contributed by atoms with Gasteiger partial charge in [0.05, 0.1) is 5.92 Å². The summed E-state index contributed by atoms with van der Waals surface area (Å²) in [6.07, 6.45) is 1.72. The molecule has 1 fully saturated rings. The van der Waals surface area contributed by atoms with E-state index in [0.29, 0.717) is 0 Å². The fourth-order valence-electron chi connectivity index (χ4n) is 3.31. The van der Waals surface area contributed by atoms with Crippen LogP contribution in [0.5, 0.6) is 0 Å². The van der Waals surface area contributed by atoms with Crippen LogP contribution in [0.1, 0.15) is 19.4 Å². The third-order valence-electron chi connectivity index (χ3n) is 4.99. The fourth-order valence-corrected chi connectivity index (χ4v) is 3.94. The maximum atomic E-state index is 12.5. The lowest BCUT2D eigenvalue weighted by molar-refractivity contribution is -0.147. The first-order chi connectivity index (χ1) is 12.3. The lowest BCUT2D eigenvalue weighted by atomic mass is 10.0. The first kappa shape index (κ1) is 19.5. The highest BCUT2D eigenvalue weighted by molar-refractivity contribution is 9.10. The normalized spacial score (nSPS) is 20.3. The zero-order valence-electron chi connectivity index (χ0n) is 14.5. The summed E-state index contributed by atoms with van der Waals surface area (Å²) in [6, 6.07) is 16.2. The number of benzene rings is 2. The van der Waals surface area contributed by atoms with Gasteiger partial charge in [0.2, 0.25) is 0 Å². The van der Waals surface area contributed by atoms with E-state index in [0.717, 1.165) is 21.2 Å². The molecule has 1 aliphatic carbocycles. The molecule has 2 aromatic rings. The van der Waals surface area contributed by atoms with Crippen LogP contribution in [0.2, 0.25) is 0 Å². The standard InChI is InChI=1S/C21H19BrCl2O2/c1-21(2)16(11-18(23)24)19(21)20(25)26-12-15-10-14(8-9-17(15)22)13-6-4-3-5-7-13/h3-11,16,19H,12H2,1-2H3/t16-,19-/m1/s1. The predicted octanol–water partition coefficient (Wildman–Crippen LogP) is 6.75. The van der Waals surface area contributed by atoms with Crippen LogP contribution in [0.25, 0.3) is 11.1 Å². The SMILES string of the molecule is CC1(C)[C@H](C=C(Cl)Cl)[C@@H]1C(=O)OCc1cc(-c2ccccc2)ccc1Br. The smallest absolute Gasteiger partial charge is 0.310 e.